The second kappa shape index (κ2) is 46.6. The van der Waals surface area contributed by atoms with E-state index < -0.39 is 0 Å². The van der Waals surface area contributed by atoms with E-state index in [4.69, 9.17) is 47.4 Å². The molecular formula is C38H78O10. The lowest BCUT2D eigenvalue weighted by Crippen LogP contribution is -2.15. The highest BCUT2D eigenvalue weighted by Gasteiger charge is 1.97. The summed E-state index contributed by atoms with van der Waals surface area (Å²) in [5.74, 6) is 0. The molecule has 0 saturated heterocycles. The maximum absolute atomic E-state index is 5.65. The van der Waals surface area contributed by atoms with E-state index in [0.717, 1.165) is 26.1 Å². The molecule has 0 atom stereocenters. The second-order valence-corrected chi connectivity index (χ2v) is 12.1. The van der Waals surface area contributed by atoms with Crippen LogP contribution >= 0.6 is 0 Å². The van der Waals surface area contributed by atoms with E-state index in [-0.39, 0.29) is 0 Å². The van der Waals surface area contributed by atoms with Gasteiger partial charge in [0.15, 0.2) is 0 Å². The van der Waals surface area contributed by atoms with E-state index in [1.54, 1.807) is 0 Å². The Labute approximate surface area is 295 Å². The molecule has 0 aromatic carbocycles. The lowest BCUT2D eigenvalue weighted by atomic mass is 10.1. The summed E-state index contributed by atoms with van der Waals surface area (Å²) in [6.07, 6.45) is 21.2. The first kappa shape index (κ1) is 47.6. The van der Waals surface area contributed by atoms with Gasteiger partial charge in [0.25, 0.3) is 0 Å². The van der Waals surface area contributed by atoms with Crippen molar-refractivity contribution >= 4 is 0 Å². The van der Waals surface area contributed by atoms with Crippen molar-refractivity contribution in [1.82, 2.24) is 0 Å². The van der Waals surface area contributed by atoms with Crippen molar-refractivity contribution in [2.24, 2.45) is 0 Å². The van der Waals surface area contributed by atoms with Crippen LogP contribution < -0.4 is 0 Å². The van der Waals surface area contributed by atoms with Crippen LogP contribution in [0.3, 0.4) is 0 Å². The first-order chi connectivity index (χ1) is 23.9. The van der Waals surface area contributed by atoms with Crippen molar-refractivity contribution in [2.45, 2.75) is 117 Å². The normalized spacial score (nSPS) is 11.6. The molecule has 0 unspecified atom stereocenters. The fraction of sp³-hybridized carbons (Fsp3) is 1.00. The third-order valence-corrected chi connectivity index (χ3v) is 7.63. The van der Waals surface area contributed by atoms with Gasteiger partial charge in [-0.3, -0.25) is 0 Å². The van der Waals surface area contributed by atoms with E-state index >= 15 is 0 Å². The first-order valence-electron chi connectivity index (χ1n) is 19.7. The number of unbranched alkanes of at least 4 members (excludes halogenated alkanes) is 14. The highest BCUT2D eigenvalue weighted by atomic mass is 16.6. The average molecular weight is 695 g/mol. The lowest BCUT2D eigenvalue weighted by Gasteiger charge is -2.09. The van der Waals surface area contributed by atoms with Crippen LogP contribution in [-0.4, -0.2) is 132 Å². The van der Waals surface area contributed by atoms with Crippen molar-refractivity contribution in [1.29, 1.82) is 0 Å². The Kier molecular flexibility index (Phi) is 46.2. The second-order valence-electron chi connectivity index (χ2n) is 12.1. The van der Waals surface area contributed by atoms with Gasteiger partial charge in [0.05, 0.1) is 119 Å². The lowest BCUT2D eigenvalue weighted by molar-refractivity contribution is -0.0264. The molecule has 0 aliphatic heterocycles. The Balaban J connectivity index is 3.04. The van der Waals surface area contributed by atoms with Gasteiger partial charge in [0, 0.05) is 13.2 Å². The largest absolute Gasteiger partial charge is 0.379 e. The van der Waals surface area contributed by atoms with Gasteiger partial charge in [-0.1, -0.05) is 104 Å². The van der Waals surface area contributed by atoms with E-state index in [1.807, 2.05) is 0 Å². The molecule has 0 saturated carbocycles. The smallest absolute Gasteiger partial charge is 0.0701 e. The van der Waals surface area contributed by atoms with E-state index in [2.05, 4.69) is 13.8 Å². The van der Waals surface area contributed by atoms with Gasteiger partial charge >= 0.3 is 0 Å². The van der Waals surface area contributed by atoms with Crippen molar-refractivity contribution in [3.8, 4) is 0 Å². The van der Waals surface area contributed by atoms with Crippen molar-refractivity contribution in [3.05, 3.63) is 0 Å². The molecule has 0 amide bonds. The molecule has 0 radical (unpaired) electrons. The van der Waals surface area contributed by atoms with Gasteiger partial charge in [0.2, 0.25) is 0 Å². The van der Waals surface area contributed by atoms with Crippen LogP contribution in [0.15, 0.2) is 0 Å². The molecule has 10 heteroatoms. The van der Waals surface area contributed by atoms with Crippen LogP contribution in [-0.2, 0) is 47.4 Å². The Morgan fingerprint density at radius 2 is 0.312 bits per heavy atom. The van der Waals surface area contributed by atoms with Crippen molar-refractivity contribution < 1.29 is 47.4 Å². The molecule has 0 heterocycles. The summed E-state index contributed by atoms with van der Waals surface area (Å²) in [5.41, 5.74) is 0. The van der Waals surface area contributed by atoms with Gasteiger partial charge in [-0.15, -0.1) is 0 Å². The average Bonchev–Trinajstić information content (AvgIpc) is 3.10. The van der Waals surface area contributed by atoms with Gasteiger partial charge in [-0.25, -0.2) is 0 Å². The standard InChI is InChI=1S/C38H78O10/c1-3-5-7-9-11-12-13-14-16-18-20-40-22-24-42-26-28-44-30-32-46-34-36-48-38-37-47-35-33-45-31-29-43-27-25-41-23-21-39-19-17-15-10-8-6-4-2/h3-38H2,1-2H3. The van der Waals surface area contributed by atoms with Crippen LogP contribution in [0.2, 0.25) is 0 Å². The Morgan fingerprint density at radius 1 is 0.167 bits per heavy atom. The predicted molar refractivity (Wildman–Crippen MR) is 193 cm³/mol. The summed E-state index contributed by atoms with van der Waals surface area (Å²) in [6, 6.07) is 0. The van der Waals surface area contributed by atoms with Crippen LogP contribution in [0, 0.1) is 0 Å². The predicted octanol–water partition coefficient (Wildman–Crippen LogP) is 7.43. The zero-order chi connectivity index (χ0) is 34.5. The summed E-state index contributed by atoms with van der Waals surface area (Å²) in [7, 11) is 0. The number of rotatable bonds is 45. The quantitative estimate of drug-likeness (QED) is 0.0600. The van der Waals surface area contributed by atoms with Crippen LogP contribution in [0.1, 0.15) is 117 Å². The minimum absolute atomic E-state index is 0.535. The Morgan fingerprint density at radius 3 is 0.500 bits per heavy atom. The monoisotopic (exact) mass is 695 g/mol. The highest BCUT2D eigenvalue weighted by Crippen LogP contribution is 2.10. The fourth-order valence-electron chi connectivity index (χ4n) is 4.76. The number of hydrogen-bond donors (Lipinski definition) is 0. The van der Waals surface area contributed by atoms with Gasteiger partial charge in [-0.05, 0) is 12.8 Å². The van der Waals surface area contributed by atoms with E-state index in [9.17, 15) is 0 Å². The van der Waals surface area contributed by atoms with Crippen molar-refractivity contribution in [3.63, 3.8) is 0 Å². The van der Waals surface area contributed by atoms with Crippen molar-refractivity contribution in [2.75, 3.05) is 132 Å². The molecule has 0 spiro atoms. The summed E-state index contributed by atoms with van der Waals surface area (Å²) >= 11 is 0. The molecule has 0 bridgehead atoms. The maximum atomic E-state index is 5.65. The molecule has 0 aliphatic rings. The zero-order valence-electron chi connectivity index (χ0n) is 31.5. The molecule has 0 aromatic rings. The topological polar surface area (TPSA) is 92.3 Å². The van der Waals surface area contributed by atoms with Crippen LogP contribution in [0.5, 0.6) is 0 Å². The molecular weight excluding hydrogens is 616 g/mol. The molecule has 0 N–H and O–H groups in total. The van der Waals surface area contributed by atoms with E-state index in [0.29, 0.717) is 119 Å². The zero-order valence-corrected chi connectivity index (χ0v) is 31.5. The maximum Gasteiger partial charge on any atom is 0.0701 e. The molecule has 0 aromatic heterocycles. The minimum Gasteiger partial charge on any atom is -0.379 e. The number of hydrogen-bond acceptors (Lipinski definition) is 10. The summed E-state index contributed by atoms with van der Waals surface area (Å²) in [4.78, 5) is 0. The first-order valence-corrected chi connectivity index (χ1v) is 19.7. The summed E-state index contributed by atoms with van der Waals surface area (Å²) in [5, 5.41) is 0. The Bertz CT molecular complexity index is 498. The minimum atomic E-state index is 0.535. The molecule has 0 rings (SSSR count). The molecule has 0 aliphatic carbocycles. The molecule has 290 valence electrons. The van der Waals surface area contributed by atoms with Crippen LogP contribution in [0.4, 0.5) is 0 Å². The molecule has 48 heavy (non-hydrogen) atoms. The SMILES string of the molecule is CCCCCCCCCCCCOCCOCCOCCOCCOCCOCCOCCOCCOCCOCCCCCCCC. The summed E-state index contributed by atoms with van der Waals surface area (Å²) in [6.45, 7) is 16.4. The van der Waals surface area contributed by atoms with E-state index in [1.165, 1.54) is 89.9 Å². The highest BCUT2D eigenvalue weighted by molar-refractivity contribution is 4.48. The van der Waals surface area contributed by atoms with Gasteiger partial charge in [-0.2, -0.15) is 0 Å². The van der Waals surface area contributed by atoms with Gasteiger partial charge in [0.1, 0.15) is 0 Å². The fourth-order valence-corrected chi connectivity index (χ4v) is 4.76. The molecule has 0 fully saturated rings. The number of ether oxygens (including phenoxy) is 10. The van der Waals surface area contributed by atoms with Gasteiger partial charge < -0.3 is 47.4 Å². The third-order valence-electron chi connectivity index (χ3n) is 7.63. The Hall–Kier alpha value is -0.400. The molecule has 10 nitrogen and oxygen atoms in total. The van der Waals surface area contributed by atoms with Crippen LogP contribution in [0.25, 0.3) is 0 Å². The third kappa shape index (κ3) is 45.6. The summed E-state index contributed by atoms with van der Waals surface area (Å²) < 4.78 is 55.4.